The van der Waals surface area contributed by atoms with Crippen molar-refractivity contribution in [2.45, 2.75) is 47.0 Å². The molecule has 0 aromatic rings. The number of halogens is 1. The molecular formula is C13H28ClN. The van der Waals surface area contributed by atoms with Gasteiger partial charge >= 0.3 is 0 Å². The fraction of sp³-hybridized carbons (Fsp3) is 0.846. The maximum absolute atomic E-state index is 4.07. The van der Waals surface area contributed by atoms with Crippen LogP contribution in [0.3, 0.4) is 0 Å². The van der Waals surface area contributed by atoms with Crippen LogP contribution >= 0.6 is 0 Å². The highest BCUT2D eigenvalue weighted by Gasteiger charge is 2.24. The van der Waals surface area contributed by atoms with Gasteiger partial charge in [0.05, 0.1) is 26.2 Å². The summed E-state index contributed by atoms with van der Waals surface area (Å²) >= 11 is 0. The first-order chi connectivity index (χ1) is 6.60. The second kappa shape index (κ2) is 9.23. The van der Waals surface area contributed by atoms with Crippen molar-refractivity contribution in [3.05, 3.63) is 12.2 Å². The molecule has 0 unspecified atom stereocenters. The zero-order valence-electron chi connectivity index (χ0n) is 11.0. The summed E-state index contributed by atoms with van der Waals surface area (Å²) < 4.78 is 1.26. The predicted molar refractivity (Wildman–Crippen MR) is 65.4 cm³/mol. The van der Waals surface area contributed by atoms with E-state index in [4.69, 9.17) is 0 Å². The van der Waals surface area contributed by atoms with Crippen molar-refractivity contribution in [2.75, 3.05) is 26.2 Å². The van der Waals surface area contributed by atoms with E-state index in [9.17, 15) is 0 Å². The van der Waals surface area contributed by atoms with Gasteiger partial charge < -0.3 is 16.9 Å². The third-order valence-electron chi connectivity index (χ3n) is 2.70. The van der Waals surface area contributed by atoms with Gasteiger partial charge in [0.2, 0.25) is 0 Å². The molecule has 0 N–H and O–H groups in total. The van der Waals surface area contributed by atoms with E-state index in [-0.39, 0.29) is 12.4 Å². The van der Waals surface area contributed by atoms with Crippen LogP contribution in [0.5, 0.6) is 0 Å². The maximum Gasteiger partial charge on any atom is 0.0998 e. The SMILES string of the molecule is C=C(C)C[N+](CCC)(CCC)CCC.[Cl-]. The van der Waals surface area contributed by atoms with Gasteiger partial charge in [0.25, 0.3) is 0 Å². The summed E-state index contributed by atoms with van der Waals surface area (Å²) in [6.45, 7) is 18.2. The Morgan fingerprint density at radius 3 is 1.47 bits per heavy atom. The molecule has 1 nitrogen and oxygen atoms in total. The maximum atomic E-state index is 4.07. The zero-order chi connectivity index (χ0) is 11.0. The highest BCUT2D eigenvalue weighted by Crippen LogP contribution is 2.14. The largest absolute Gasteiger partial charge is 1.00 e. The molecule has 0 aliphatic rings. The monoisotopic (exact) mass is 233 g/mol. The topological polar surface area (TPSA) is 0 Å². The fourth-order valence-corrected chi connectivity index (χ4v) is 2.57. The molecule has 2 heteroatoms. The van der Waals surface area contributed by atoms with Crippen molar-refractivity contribution in [1.29, 1.82) is 0 Å². The summed E-state index contributed by atoms with van der Waals surface area (Å²) in [5.74, 6) is 0. The molecule has 0 aromatic heterocycles. The lowest BCUT2D eigenvalue weighted by atomic mass is 10.2. The van der Waals surface area contributed by atoms with Crippen molar-refractivity contribution >= 4 is 0 Å². The van der Waals surface area contributed by atoms with E-state index >= 15 is 0 Å². The third-order valence-corrected chi connectivity index (χ3v) is 2.70. The van der Waals surface area contributed by atoms with E-state index in [0.717, 1.165) is 0 Å². The molecule has 0 aliphatic heterocycles. The summed E-state index contributed by atoms with van der Waals surface area (Å²) in [4.78, 5) is 0. The lowest BCUT2D eigenvalue weighted by molar-refractivity contribution is -0.924. The molecule has 0 aliphatic carbocycles. The van der Waals surface area contributed by atoms with E-state index in [2.05, 4.69) is 34.3 Å². The Hall–Kier alpha value is -0.0100. The Kier molecular flexibility index (Phi) is 10.7. The minimum atomic E-state index is 0. The van der Waals surface area contributed by atoms with Gasteiger partial charge in [0.1, 0.15) is 0 Å². The van der Waals surface area contributed by atoms with Crippen LogP contribution in [-0.2, 0) is 0 Å². The predicted octanol–water partition coefficient (Wildman–Crippen LogP) is 0.613. The van der Waals surface area contributed by atoms with Crippen molar-refractivity contribution in [2.24, 2.45) is 0 Å². The van der Waals surface area contributed by atoms with E-state index in [1.807, 2.05) is 0 Å². The van der Waals surface area contributed by atoms with Crippen LogP contribution in [0.4, 0.5) is 0 Å². The second-order valence-corrected chi connectivity index (χ2v) is 4.63. The number of nitrogens with zero attached hydrogens (tertiary/aromatic N) is 1. The van der Waals surface area contributed by atoms with E-state index in [1.54, 1.807) is 0 Å². The molecule has 0 amide bonds. The highest BCUT2D eigenvalue weighted by molar-refractivity contribution is 4.88. The number of hydrogen-bond acceptors (Lipinski definition) is 0. The molecule has 0 atom stereocenters. The first-order valence-electron chi connectivity index (χ1n) is 6.09. The molecular weight excluding hydrogens is 206 g/mol. The summed E-state index contributed by atoms with van der Waals surface area (Å²) in [6.07, 6.45) is 3.85. The van der Waals surface area contributed by atoms with Gasteiger partial charge in [0, 0.05) is 0 Å². The zero-order valence-corrected chi connectivity index (χ0v) is 11.7. The highest BCUT2D eigenvalue weighted by atomic mass is 35.5. The van der Waals surface area contributed by atoms with Gasteiger partial charge in [-0.1, -0.05) is 27.4 Å². The molecule has 0 fully saturated rings. The molecule has 0 spiro atoms. The number of quaternary nitrogens is 1. The van der Waals surface area contributed by atoms with Crippen LogP contribution < -0.4 is 12.4 Å². The molecule has 92 valence electrons. The molecule has 0 rings (SSSR count). The first-order valence-corrected chi connectivity index (χ1v) is 6.09. The van der Waals surface area contributed by atoms with Crippen molar-refractivity contribution in [3.8, 4) is 0 Å². The number of hydrogen-bond donors (Lipinski definition) is 0. The third kappa shape index (κ3) is 6.97. The smallest absolute Gasteiger partial charge is 0.0998 e. The summed E-state index contributed by atoms with van der Waals surface area (Å²) in [5.41, 5.74) is 1.33. The lowest BCUT2D eigenvalue weighted by Gasteiger charge is -2.38. The van der Waals surface area contributed by atoms with Crippen molar-refractivity contribution in [1.82, 2.24) is 0 Å². The Balaban J connectivity index is 0. The first kappa shape index (κ1) is 17.4. The minimum absolute atomic E-state index is 0. The number of rotatable bonds is 8. The minimum Gasteiger partial charge on any atom is -1.00 e. The Morgan fingerprint density at radius 1 is 0.933 bits per heavy atom. The molecule has 0 bridgehead atoms. The standard InChI is InChI=1S/C13H28N.ClH/c1-6-9-14(10-7-2,11-8-3)12-13(4)5;/h4,6-12H2,1-3,5H3;1H/q+1;/p-1. The normalized spacial score (nSPS) is 10.9. The molecule has 0 saturated carbocycles. The van der Waals surface area contributed by atoms with Crippen LogP contribution in [0.15, 0.2) is 12.2 Å². The van der Waals surface area contributed by atoms with Crippen LogP contribution in [0, 0.1) is 0 Å². The van der Waals surface area contributed by atoms with E-state index < -0.39 is 0 Å². The Morgan fingerprint density at radius 2 is 1.27 bits per heavy atom. The fourth-order valence-electron chi connectivity index (χ4n) is 2.57. The van der Waals surface area contributed by atoms with Crippen molar-refractivity contribution < 1.29 is 16.9 Å². The van der Waals surface area contributed by atoms with Crippen LogP contribution in [0.25, 0.3) is 0 Å². The van der Waals surface area contributed by atoms with Crippen LogP contribution in [0.2, 0.25) is 0 Å². The Bertz CT molecular complexity index is 149. The summed E-state index contributed by atoms with van der Waals surface area (Å²) in [5, 5.41) is 0. The second-order valence-electron chi connectivity index (χ2n) is 4.63. The van der Waals surface area contributed by atoms with Gasteiger partial charge in [0.15, 0.2) is 0 Å². The van der Waals surface area contributed by atoms with Crippen LogP contribution in [0.1, 0.15) is 47.0 Å². The average molecular weight is 234 g/mol. The average Bonchev–Trinajstić information content (AvgIpc) is 2.03. The van der Waals surface area contributed by atoms with Gasteiger partial charge in [-0.05, 0) is 31.8 Å². The molecule has 0 aromatic carbocycles. The van der Waals surface area contributed by atoms with Crippen molar-refractivity contribution in [3.63, 3.8) is 0 Å². The van der Waals surface area contributed by atoms with Gasteiger partial charge in [-0.15, -0.1) is 0 Å². The van der Waals surface area contributed by atoms with Crippen LogP contribution in [-0.4, -0.2) is 30.7 Å². The molecule has 0 heterocycles. The lowest BCUT2D eigenvalue weighted by Crippen LogP contribution is -3.00. The molecule has 0 saturated heterocycles. The molecule has 15 heavy (non-hydrogen) atoms. The van der Waals surface area contributed by atoms with Gasteiger partial charge in [-0.3, -0.25) is 0 Å². The van der Waals surface area contributed by atoms with Gasteiger partial charge in [-0.25, -0.2) is 0 Å². The van der Waals surface area contributed by atoms with E-state index in [1.165, 1.54) is 55.5 Å². The van der Waals surface area contributed by atoms with E-state index in [0.29, 0.717) is 0 Å². The Labute approximate surface area is 103 Å². The summed E-state index contributed by atoms with van der Waals surface area (Å²) in [7, 11) is 0. The molecule has 0 radical (unpaired) electrons. The van der Waals surface area contributed by atoms with Gasteiger partial charge in [-0.2, -0.15) is 0 Å². The summed E-state index contributed by atoms with van der Waals surface area (Å²) in [6, 6.07) is 0. The quantitative estimate of drug-likeness (QED) is 0.426.